The van der Waals surface area contributed by atoms with Crippen LogP contribution in [-0.4, -0.2) is 20.0 Å². The van der Waals surface area contributed by atoms with Gasteiger partial charge in [-0.15, -0.1) is 16.7 Å². The van der Waals surface area contributed by atoms with Crippen molar-refractivity contribution >= 4 is 11.6 Å². The van der Waals surface area contributed by atoms with Crippen molar-refractivity contribution in [2.45, 2.75) is 25.3 Å². The molecule has 16 heavy (non-hydrogen) atoms. The van der Waals surface area contributed by atoms with Crippen molar-refractivity contribution in [2.24, 2.45) is 0 Å². The lowest BCUT2D eigenvalue weighted by Crippen LogP contribution is -2.00. The monoisotopic (exact) mass is 236 g/mol. The summed E-state index contributed by atoms with van der Waals surface area (Å²) >= 11 is 6.08. The summed E-state index contributed by atoms with van der Waals surface area (Å²) in [5.74, 6) is 0. The zero-order valence-corrected chi connectivity index (χ0v) is 9.80. The molecule has 0 amide bonds. The van der Waals surface area contributed by atoms with Crippen molar-refractivity contribution in [1.29, 1.82) is 0 Å². The molecule has 4 nitrogen and oxygen atoms in total. The quantitative estimate of drug-likeness (QED) is 0.766. The van der Waals surface area contributed by atoms with E-state index in [0.29, 0.717) is 6.54 Å². The lowest BCUT2D eigenvalue weighted by molar-refractivity contribution is 0.647. The van der Waals surface area contributed by atoms with Crippen LogP contribution >= 0.6 is 11.6 Å². The van der Waals surface area contributed by atoms with Gasteiger partial charge in [-0.05, 0) is 18.1 Å². The Morgan fingerprint density at radius 2 is 2.38 bits per heavy atom. The van der Waals surface area contributed by atoms with Gasteiger partial charge in [-0.25, -0.2) is 4.68 Å². The van der Waals surface area contributed by atoms with E-state index in [4.69, 9.17) is 11.6 Å². The average Bonchev–Trinajstić information content (AvgIpc) is 2.78. The fourth-order valence-corrected chi connectivity index (χ4v) is 1.52. The van der Waals surface area contributed by atoms with Crippen molar-refractivity contribution in [3.8, 4) is 0 Å². The third-order valence-corrected chi connectivity index (χ3v) is 2.84. The molecule has 0 aliphatic carbocycles. The number of pyridine rings is 1. The third-order valence-electron chi connectivity index (χ3n) is 2.30. The van der Waals surface area contributed by atoms with Crippen LogP contribution in [0.15, 0.2) is 30.7 Å². The molecular weight excluding hydrogens is 224 g/mol. The van der Waals surface area contributed by atoms with Crippen LogP contribution in [0.3, 0.4) is 0 Å². The summed E-state index contributed by atoms with van der Waals surface area (Å²) in [6.07, 6.45) is 6.31. The molecule has 0 radical (unpaired) electrons. The second-order valence-electron chi connectivity index (χ2n) is 3.58. The zero-order valence-electron chi connectivity index (χ0n) is 9.05. The number of rotatable bonds is 4. The Morgan fingerprint density at radius 3 is 3.06 bits per heavy atom. The van der Waals surface area contributed by atoms with Crippen LogP contribution in [0.4, 0.5) is 0 Å². The second-order valence-corrected chi connectivity index (χ2v) is 4.10. The summed E-state index contributed by atoms with van der Waals surface area (Å²) in [6, 6.07) is 3.91. The molecular formula is C11H13ClN4. The van der Waals surface area contributed by atoms with Gasteiger partial charge in [0.05, 0.1) is 18.1 Å². The van der Waals surface area contributed by atoms with Gasteiger partial charge in [0, 0.05) is 12.4 Å². The minimum atomic E-state index is -0.0531. The van der Waals surface area contributed by atoms with Gasteiger partial charge in [0.2, 0.25) is 0 Å². The Labute approximate surface area is 99.3 Å². The van der Waals surface area contributed by atoms with Gasteiger partial charge in [-0.1, -0.05) is 18.2 Å². The largest absolute Gasteiger partial charge is 0.264 e. The highest BCUT2D eigenvalue weighted by molar-refractivity contribution is 6.20. The molecule has 2 aromatic rings. The maximum atomic E-state index is 6.08. The number of hydrogen-bond acceptors (Lipinski definition) is 3. The van der Waals surface area contributed by atoms with E-state index >= 15 is 0 Å². The summed E-state index contributed by atoms with van der Waals surface area (Å²) in [5.41, 5.74) is 1.93. The normalized spacial score (nSPS) is 12.6. The van der Waals surface area contributed by atoms with Crippen molar-refractivity contribution in [2.75, 3.05) is 0 Å². The van der Waals surface area contributed by atoms with Crippen LogP contribution in [0, 0.1) is 0 Å². The Morgan fingerprint density at radius 1 is 1.50 bits per heavy atom. The summed E-state index contributed by atoms with van der Waals surface area (Å²) in [6.45, 7) is 2.70. The molecule has 0 aliphatic rings. The predicted molar refractivity (Wildman–Crippen MR) is 62.2 cm³/mol. The Kier molecular flexibility index (Phi) is 3.51. The summed E-state index contributed by atoms with van der Waals surface area (Å²) in [4.78, 5) is 4.05. The van der Waals surface area contributed by atoms with Gasteiger partial charge in [0.15, 0.2) is 0 Å². The van der Waals surface area contributed by atoms with Gasteiger partial charge in [0.1, 0.15) is 5.69 Å². The number of nitrogens with zero attached hydrogens (tertiary/aromatic N) is 4. The number of alkyl halides is 1. The maximum absolute atomic E-state index is 6.08. The molecule has 0 saturated carbocycles. The summed E-state index contributed by atoms with van der Waals surface area (Å²) in [7, 11) is 0. The first-order valence-electron chi connectivity index (χ1n) is 5.22. The first kappa shape index (κ1) is 11.1. The van der Waals surface area contributed by atoms with E-state index in [1.807, 2.05) is 31.5 Å². The average molecular weight is 237 g/mol. The van der Waals surface area contributed by atoms with Gasteiger partial charge in [-0.2, -0.15) is 0 Å². The lowest BCUT2D eigenvalue weighted by Gasteiger charge is -2.00. The van der Waals surface area contributed by atoms with Gasteiger partial charge in [0.25, 0.3) is 0 Å². The van der Waals surface area contributed by atoms with E-state index in [0.717, 1.165) is 17.7 Å². The molecule has 0 saturated heterocycles. The van der Waals surface area contributed by atoms with Crippen LogP contribution in [0.5, 0.6) is 0 Å². The highest BCUT2D eigenvalue weighted by Crippen LogP contribution is 2.20. The van der Waals surface area contributed by atoms with Gasteiger partial charge >= 0.3 is 0 Å². The van der Waals surface area contributed by atoms with E-state index in [9.17, 15) is 0 Å². The molecule has 0 N–H and O–H groups in total. The van der Waals surface area contributed by atoms with Gasteiger partial charge < -0.3 is 0 Å². The molecule has 0 aliphatic heterocycles. The fraction of sp³-hybridized carbons (Fsp3) is 0.364. The fourth-order valence-electron chi connectivity index (χ4n) is 1.42. The first-order chi connectivity index (χ1) is 7.79. The molecule has 0 fully saturated rings. The maximum Gasteiger partial charge on any atom is 0.101 e. The Balaban J connectivity index is 2.09. The smallest absolute Gasteiger partial charge is 0.101 e. The van der Waals surface area contributed by atoms with E-state index in [1.165, 1.54) is 0 Å². The van der Waals surface area contributed by atoms with Crippen molar-refractivity contribution in [3.05, 3.63) is 42.0 Å². The van der Waals surface area contributed by atoms with Crippen LogP contribution < -0.4 is 0 Å². The predicted octanol–water partition coefficient (Wildman–Crippen LogP) is 2.41. The van der Waals surface area contributed by atoms with E-state index < -0.39 is 0 Å². The molecule has 2 rings (SSSR count). The van der Waals surface area contributed by atoms with E-state index in [2.05, 4.69) is 15.3 Å². The van der Waals surface area contributed by atoms with Crippen molar-refractivity contribution in [1.82, 2.24) is 20.0 Å². The van der Waals surface area contributed by atoms with Crippen molar-refractivity contribution < 1.29 is 0 Å². The highest BCUT2D eigenvalue weighted by Gasteiger charge is 2.09. The number of hydrogen-bond donors (Lipinski definition) is 0. The van der Waals surface area contributed by atoms with Crippen LogP contribution in [0.2, 0.25) is 0 Å². The highest BCUT2D eigenvalue weighted by atomic mass is 35.5. The standard InChI is InChI=1S/C11H13ClN4/c1-2-10(12)11-8-16(15-14-11)7-9-4-3-5-13-6-9/h3-6,8,10H,2,7H2,1H3. The molecule has 0 aromatic carbocycles. The molecule has 2 aromatic heterocycles. The molecule has 0 bridgehead atoms. The number of halogens is 1. The van der Waals surface area contributed by atoms with Crippen LogP contribution in [0.1, 0.15) is 30.0 Å². The van der Waals surface area contributed by atoms with E-state index in [-0.39, 0.29) is 5.38 Å². The van der Waals surface area contributed by atoms with Gasteiger partial charge in [-0.3, -0.25) is 4.98 Å². The minimum Gasteiger partial charge on any atom is -0.264 e. The van der Waals surface area contributed by atoms with Crippen molar-refractivity contribution in [3.63, 3.8) is 0 Å². The lowest BCUT2D eigenvalue weighted by atomic mass is 10.2. The third kappa shape index (κ3) is 2.58. The second kappa shape index (κ2) is 5.07. The molecule has 5 heteroatoms. The molecule has 1 atom stereocenters. The Hall–Kier alpha value is -1.42. The molecule has 2 heterocycles. The molecule has 84 valence electrons. The zero-order chi connectivity index (χ0) is 11.4. The van der Waals surface area contributed by atoms with Crippen LogP contribution in [-0.2, 0) is 6.54 Å². The molecule has 0 spiro atoms. The first-order valence-corrected chi connectivity index (χ1v) is 5.66. The Bertz CT molecular complexity index is 440. The SMILES string of the molecule is CCC(Cl)c1cn(Cc2cccnc2)nn1. The minimum absolute atomic E-state index is 0.0531. The number of aromatic nitrogens is 4. The summed E-state index contributed by atoms with van der Waals surface area (Å²) < 4.78 is 1.78. The topological polar surface area (TPSA) is 43.6 Å². The molecule has 1 unspecified atom stereocenters. The van der Waals surface area contributed by atoms with Crippen LogP contribution in [0.25, 0.3) is 0 Å². The summed E-state index contributed by atoms with van der Waals surface area (Å²) in [5, 5.41) is 8.03. The van der Waals surface area contributed by atoms with E-state index in [1.54, 1.807) is 10.9 Å².